The molecule has 2 N–H and O–H groups in total. The SMILES string of the molecule is COC(=O)CNC(=O)CNC(=O)Cn1nc(C)c2c(-c3cc4c(cnn4[I-]C4CCCCCCC4)cc3F)cccc21. The maximum absolute atomic E-state index is 15.6. The summed E-state index contributed by atoms with van der Waals surface area (Å²) in [6.07, 6.45) is 10.7. The van der Waals surface area contributed by atoms with Gasteiger partial charge in [-0.15, -0.1) is 0 Å². The van der Waals surface area contributed by atoms with Crippen molar-refractivity contribution in [1.82, 2.24) is 28.4 Å². The number of fused-ring (bicyclic) bond motifs is 2. The number of alkyl halides is 1. The van der Waals surface area contributed by atoms with Crippen LogP contribution in [0.5, 0.6) is 0 Å². The summed E-state index contributed by atoms with van der Waals surface area (Å²) in [5, 5.41) is 15.7. The molecule has 1 aliphatic rings. The first-order chi connectivity index (χ1) is 20.3. The van der Waals surface area contributed by atoms with Crippen molar-refractivity contribution in [2.24, 2.45) is 0 Å². The Morgan fingerprint density at radius 1 is 1.00 bits per heavy atom. The van der Waals surface area contributed by atoms with E-state index in [1.807, 2.05) is 31.2 Å². The van der Waals surface area contributed by atoms with Gasteiger partial charge >= 0.3 is 215 Å². The summed E-state index contributed by atoms with van der Waals surface area (Å²) >= 11 is -0.375. The number of aromatic nitrogens is 4. The van der Waals surface area contributed by atoms with Crippen molar-refractivity contribution in [2.75, 3.05) is 20.2 Å². The predicted octanol–water partition coefficient (Wildman–Crippen LogP) is 0.871. The third-order valence-corrected chi connectivity index (χ3v) is 10.8. The van der Waals surface area contributed by atoms with Crippen molar-refractivity contribution in [3.63, 3.8) is 0 Å². The summed E-state index contributed by atoms with van der Waals surface area (Å²) in [4.78, 5) is 35.7. The number of methoxy groups -OCH3 is 1. The van der Waals surface area contributed by atoms with E-state index in [0.717, 1.165) is 16.3 Å². The number of hydrogen-bond donors (Lipinski definition) is 2. The van der Waals surface area contributed by atoms with Gasteiger partial charge in [-0.1, -0.05) is 0 Å². The molecule has 10 nitrogen and oxygen atoms in total. The molecule has 5 rings (SSSR count). The first kappa shape index (κ1) is 29.9. The van der Waals surface area contributed by atoms with E-state index < -0.39 is 17.8 Å². The van der Waals surface area contributed by atoms with Gasteiger partial charge in [-0.3, -0.25) is 9.59 Å². The van der Waals surface area contributed by atoms with Crippen LogP contribution in [-0.4, -0.2) is 59.7 Å². The predicted molar refractivity (Wildman–Crippen MR) is 153 cm³/mol. The molecular formula is C30H35FIN6O4-. The van der Waals surface area contributed by atoms with Crippen LogP contribution >= 0.6 is 0 Å². The quantitative estimate of drug-likeness (QED) is 0.153. The number of halogens is 2. The third kappa shape index (κ3) is 6.90. The minimum absolute atomic E-state index is 0.127. The Bertz CT molecular complexity index is 1610. The van der Waals surface area contributed by atoms with Crippen LogP contribution in [0.1, 0.15) is 50.6 Å². The van der Waals surface area contributed by atoms with Crippen LogP contribution in [0.4, 0.5) is 4.39 Å². The fourth-order valence-electron chi connectivity index (χ4n) is 5.38. The number of nitrogens with one attached hydrogen (secondary N) is 2. The fourth-order valence-corrected chi connectivity index (χ4v) is 8.55. The van der Waals surface area contributed by atoms with Gasteiger partial charge in [0.1, 0.15) is 6.54 Å². The Kier molecular flexibility index (Phi) is 9.70. The molecule has 0 saturated heterocycles. The van der Waals surface area contributed by atoms with Crippen molar-refractivity contribution in [3.05, 3.63) is 48.0 Å². The van der Waals surface area contributed by atoms with Crippen LogP contribution in [-0.2, 0) is 25.7 Å². The Morgan fingerprint density at radius 3 is 2.50 bits per heavy atom. The number of aryl methyl sites for hydroxylation is 1. The Labute approximate surface area is 254 Å². The second kappa shape index (κ2) is 13.6. The van der Waals surface area contributed by atoms with Gasteiger partial charge in [-0.25, -0.2) is 0 Å². The van der Waals surface area contributed by atoms with Gasteiger partial charge in [-0.2, -0.15) is 0 Å². The van der Waals surface area contributed by atoms with E-state index in [9.17, 15) is 14.4 Å². The summed E-state index contributed by atoms with van der Waals surface area (Å²) in [5.74, 6) is -1.85. The average molecular weight is 690 g/mol. The van der Waals surface area contributed by atoms with Gasteiger partial charge in [0.05, 0.1) is 7.11 Å². The Morgan fingerprint density at radius 2 is 1.74 bits per heavy atom. The molecule has 2 aromatic heterocycles. The number of esters is 1. The van der Waals surface area contributed by atoms with Crippen molar-refractivity contribution in [3.8, 4) is 11.1 Å². The first-order valence-electron chi connectivity index (χ1n) is 14.2. The number of carbonyl (C=O) groups is 3. The number of carbonyl (C=O) groups excluding carboxylic acids is 3. The molecule has 1 saturated carbocycles. The molecule has 1 aliphatic carbocycles. The summed E-state index contributed by atoms with van der Waals surface area (Å²) in [7, 11) is 1.22. The monoisotopic (exact) mass is 689 g/mol. The zero-order chi connectivity index (χ0) is 29.6. The molecule has 0 spiro atoms. The topological polar surface area (TPSA) is 120 Å². The van der Waals surface area contributed by atoms with Gasteiger partial charge in [0, 0.05) is 0 Å². The van der Waals surface area contributed by atoms with Gasteiger partial charge in [0.2, 0.25) is 5.91 Å². The maximum atomic E-state index is 15.6. The Hall–Kier alpha value is -3.55. The normalized spacial score (nSPS) is 14.5. The first-order valence-corrected chi connectivity index (χ1v) is 16.4. The van der Waals surface area contributed by atoms with Gasteiger partial charge in [0.25, 0.3) is 0 Å². The molecule has 0 aliphatic heterocycles. The average Bonchev–Trinajstić information content (AvgIpc) is 3.50. The van der Waals surface area contributed by atoms with Crippen molar-refractivity contribution >= 4 is 39.6 Å². The molecule has 4 aromatic rings. The van der Waals surface area contributed by atoms with E-state index in [1.54, 1.807) is 16.9 Å². The summed E-state index contributed by atoms with van der Waals surface area (Å²) in [6.45, 7) is 1.14. The molecule has 0 atom stereocenters. The molecule has 0 bridgehead atoms. The van der Waals surface area contributed by atoms with E-state index in [2.05, 4.69) is 28.5 Å². The van der Waals surface area contributed by atoms with E-state index in [1.165, 1.54) is 52.1 Å². The molecule has 2 amide bonds. The van der Waals surface area contributed by atoms with Crippen LogP contribution in [0.25, 0.3) is 32.9 Å². The molecule has 224 valence electrons. The zero-order valence-electron chi connectivity index (χ0n) is 23.8. The molecule has 42 heavy (non-hydrogen) atoms. The van der Waals surface area contributed by atoms with Crippen LogP contribution < -0.4 is 32.1 Å². The van der Waals surface area contributed by atoms with Crippen molar-refractivity contribution < 1.29 is 45.0 Å². The number of rotatable bonds is 9. The molecule has 1 fully saturated rings. The van der Waals surface area contributed by atoms with Crippen molar-refractivity contribution in [2.45, 2.75) is 62.3 Å². The summed E-state index contributed by atoms with van der Waals surface area (Å²) in [5.41, 5.74) is 3.48. The van der Waals surface area contributed by atoms with Crippen LogP contribution in [0.3, 0.4) is 0 Å². The molecule has 12 heteroatoms. The van der Waals surface area contributed by atoms with E-state index in [4.69, 9.17) is 0 Å². The summed E-state index contributed by atoms with van der Waals surface area (Å²) < 4.78 is 24.4. The van der Waals surface area contributed by atoms with Crippen LogP contribution in [0.15, 0.2) is 36.5 Å². The fraction of sp³-hybridized carbons (Fsp3) is 0.433. The molecule has 2 heterocycles. The second-order valence-electron chi connectivity index (χ2n) is 10.5. The van der Waals surface area contributed by atoms with Crippen molar-refractivity contribution in [1.29, 1.82) is 0 Å². The number of ether oxygens (including phenoxy) is 1. The van der Waals surface area contributed by atoms with Crippen LogP contribution in [0, 0.1) is 12.7 Å². The molecule has 0 unspecified atom stereocenters. The number of benzene rings is 2. The minimum atomic E-state index is -0.583. The van der Waals surface area contributed by atoms with Crippen LogP contribution in [0.2, 0.25) is 0 Å². The molecule has 0 radical (unpaired) electrons. The molecule has 2 aromatic carbocycles. The van der Waals surface area contributed by atoms with E-state index in [-0.39, 0.29) is 46.9 Å². The summed E-state index contributed by atoms with van der Waals surface area (Å²) in [6, 6.07) is 9.02. The van der Waals surface area contributed by atoms with Gasteiger partial charge in [0.15, 0.2) is 0 Å². The second-order valence-corrected chi connectivity index (χ2v) is 13.7. The molecular weight excluding hydrogens is 654 g/mol. The third-order valence-electron chi connectivity index (χ3n) is 7.52. The number of nitrogens with zero attached hydrogens (tertiary/aromatic N) is 4. The number of hydrogen-bond acceptors (Lipinski definition) is 6. The van der Waals surface area contributed by atoms with E-state index in [0.29, 0.717) is 26.3 Å². The zero-order valence-corrected chi connectivity index (χ0v) is 25.9. The number of amides is 2. The Balaban J connectivity index is 1.37. The standard InChI is InChI=1S/C30H35FIN6O4/c1-19-30-22(11-8-12-25(30)37(36-19)18-28(40)33-16-27(39)34-17-29(41)42-2)23-14-26-20(13-24(23)31)15-35-38(26)32-21-9-6-4-3-5-7-10-21/h8,11-15,21H,3-7,9-10,16-18H2,1-2H3,(H,33,40)(H,34,39)/q-1. The van der Waals surface area contributed by atoms with Gasteiger partial charge in [-0.05, 0) is 0 Å². The van der Waals surface area contributed by atoms with Gasteiger partial charge < -0.3 is 10.1 Å². The van der Waals surface area contributed by atoms with E-state index >= 15 is 4.39 Å².